The summed E-state index contributed by atoms with van der Waals surface area (Å²) >= 11 is 3.24. The summed E-state index contributed by atoms with van der Waals surface area (Å²) < 4.78 is 13.9. The van der Waals surface area contributed by atoms with E-state index >= 15 is 0 Å². The average Bonchev–Trinajstić information content (AvgIpc) is 2.66. The highest BCUT2D eigenvalue weighted by Gasteiger charge is 2.17. The van der Waals surface area contributed by atoms with Crippen molar-refractivity contribution in [2.45, 2.75) is 25.8 Å². The first-order valence-corrected chi connectivity index (χ1v) is 5.66. The van der Waals surface area contributed by atoms with Gasteiger partial charge in [-0.15, -0.1) is 0 Å². The molecule has 1 nitrogen and oxygen atoms in total. The molecule has 0 radical (unpaired) electrons. The number of rotatable bonds is 1. The first-order chi connectivity index (χ1) is 6.68. The summed E-state index contributed by atoms with van der Waals surface area (Å²) in [7, 11) is 0. The van der Waals surface area contributed by atoms with Crippen LogP contribution < -0.4 is 5.32 Å². The van der Waals surface area contributed by atoms with Crippen LogP contribution in [0.25, 0.3) is 0 Å². The minimum atomic E-state index is -0.147. The predicted octanol–water partition coefficient (Wildman–Crippen LogP) is 3.32. The molecule has 1 fully saturated rings. The lowest BCUT2D eigenvalue weighted by Gasteiger charge is -2.12. The molecule has 0 saturated carbocycles. The molecule has 1 aliphatic heterocycles. The van der Waals surface area contributed by atoms with Crippen LogP contribution in [0.2, 0.25) is 0 Å². The summed E-state index contributed by atoms with van der Waals surface area (Å²) in [5.41, 5.74) is 1.90. The molecule has 1 atom stereocenters. The SMILES string of the molecule is Cc1cc(C2CCCN2)cc(Br)c1F. The molecular weight excluding hydrogens is 245 g/mol. The van der Waals surface area contributed by atoms with Crippen LogP contribution in [0.1, 0.15) is 30.0 Å². The van der Waals surface area contributed by atoms with E-state index in [9.17, 15) is 4.39 Å². The van der Waals surface area contributed by atoms with Gasteiger partial charge < -0.3 is 5.32 Å². The van der Waals surface area contributed by atoms with Crippen molar-refractivity contribution in [3.63, 3.8) is 0 Å². The third-order valence-corrected chi connectivity index (χ3v) is 3.27. The third-order valence-electron chi connectivity index (χ3n) is 2.70. The highest BCUT2D eigenvalue weighted by molar-refractivity contribution is 9.10. The standard InChI is InChI=1S/C11H13BrFN/c1-7-5-8(6-9(12)11(7)13)10-3-2-4-14-10/h5-6,10,14H,2-4H2,1H3. The predicted molar refractivity (Wildman–Crippen MR) is 58.8 cm³/mol. The van der Waals surface area contributed by atoms with Gasteiger partial charge >= 0.3 is 0 Å². The first-order valence-electron chi connectivity index (χ1n) is 4.87. The van der Waals surface area contributed by atoms with E-state index in [0.29, 0.717) is 16.1 Å². The average molecular weight is 258 g/mol. The molecule has 1 aromatic carbocycles. The summed E-state index contributed by atoms with van der Waals surface area (Å²) in [5.74, 6) is -0.147. The van der Waals surface area contributed by atoms with Crippen LogP contribution in [0.3, 0.4) is 0 Å². The van der Waals surface area contributed by atoms with Crippen molar-refractivity contribution >= 4 is 15.9 Å². The summed E-state index contributed by atoms with van der Waals surface area (Å²) in [6, 6.07) is 4.22. The molecular formula is C11H13BrFN. The Morgan fingerprint density at radius 3 is 2.86 bits per heavy atom. The second-order valence-electron chi connectivity index (χ2n) is 3.78. The molecule has 0 bridgehead atoms. The Bertz CT molecular complexity index is 322. The van der Waals surface area contributed by atoms with Crippen molar-refractivity contribution in [2.24, 2.45) is 0 Å². The van der Waals surface area contributed by atoms with Crippen molar-refractivity contribution in [1.82, 2.24) is 5.32 Å². The number of hydrogen-bond donors (Lipinski definition) is 1. The second kappa shape index (κ2) is 3.99. The summed E-state index contributed by atoms with van der Waals surface area (Å²) in [5, 5.41) is 3.40. The van der Waals surface area contributed by atoms with E-state index in [4.69, 9.17) is 0 Å². The van der Waals surface area contributed by atoms with E-state index in [1.807, 2.05) is 12.1 Å². The van der Waals surface area contributed by atoms with E-state index in [0.717, 1.165) is 13.0 Å². The Labute approximate surface area is 91.8 Å². The van der Waals surface area contributed by atoms with Gasteiger partial charge in [0.05, 0.1) is 4.47 Å². The van der Waals surface area contributed by atoms with Crippen LogP contribution in [0.15, 0.2) is 16.6 Å². The van der Waals surface area contributed by atoms with Crippen molar-refractivity contribution in [3.8, 4) is 0 Å². The monoisotopic (exact) mass is 257 g/mol. The fraction of sp³-hybridized carbons (Fsp3) is 0.455. The number of halogens is 2. The van der Waals surface area contributed by atoms with Gasteiger partial charge in [-0.1, -0.05) is 6.07 Å². The molecule has 1 aromatic rings. The number of benzene rings is 1. The van der Waals surface area contributed by atoms with Gasteiger partial charge in [-0.3, -0.25) is 0 Å². The van der Waals surface area contributed by atoms with E-state index in [-0.39, 0.29) is 5.82 Å². The summed E-state index contributed by atoms with van der Waals surface area (Å²) in [4.78, 5) is 0. The molecule has 0 aromatic heterocycles. The molecule has 14 heavy (non-hydrogen) atoms. The van der Waals surface area contributed by atoms with E-state index in [2.05, 4.69) is 21.2 Å². The van der Waals surface area contributed by atoms with E-state index in [1.165, 1.54) is 12.0 Å². The van der Waals surface area contributed by atoms with Crippen molar-refractivity contribution in [3.05, 3.63) is 33.5 Å². The van der Waals surface area contributed by atoms with Crippen LogP contribution in [0.5, 0.6) is 0 Å². The molecule has 1 N–H and O–H groups in total. The van der Waals surface area contributed by atoms with Gasteiger partial charge in [-0.2, -0.15) is 0 Å². The normalized spacial score (nSPS) is 21.5. The number of aryl methyl sites for hydroxylation is 1. The molecule has 76 valence electrons. The summed E-state index contributed by atoms with van der Waals surface area (Å²) in [6.07, 6.45) is 2.36. The van der Waals surface area contributed by atoms with Crippen molar-refractivity contribution < 1.29 is 4.39 Å². The minimum Gasteiger partial charge on any atom is -0.310 e. The highest BCUT2D eigenvalue weighted by Crippen LogP contribution is 2.28. The number of nitrogens with one attached hydrogen (secondary N) is 1. The van der Waals surface area contributed by atoms with Crippen molar-refractivity contribution in [2.75, 3.05) is 6.54 Å². The Morgan fingerprint density at radius 1 is 1.50 bits per heavy atom. The smallest absolute Gasteiger partial charge is 0.140 e. The fourth-order valence-electron chi connectivity index (χ4n) is 1.92. The molecule has 0 amide bonds. The molecule has 1 unspecified atom stereocenters. The molecule has 1 aliphatic rings. The fourth-order valence-corrected chi connectivity index (χ4v) is 2.50. The van der Waals surface area contributed by atoms with Crippen LogP contribution in [-0.4, -0.2) is 6.54 Å². The quantitative estimate of drug-likeness (QED) is 0.814. The molecule has 2 rings (SSSR count). The van der Waals surface area contributed by atoms with Gasteiger partial charge in [0.2, 0.25) is 0 Å². The zero-order chi connectivity index (χ0) is 10.1. The van der Waals surface area contributed by atoms with Gasteiger partial charge in [0.1, 0.15) is 5.82 Å². The third kappa shape index (κ3) is 1.84. The van der Waals surface area contributed by atoms with E-state index in [1.54, 1.807) is 6.92 Å². The topological polar surface area (TPSA) is 12.0 Å². The lowest BCUT2D eigenvalue weighted by atomic mass is 10.0. The number of hydrogen-bond acceptors (Lipinski definition) is 1. The zero-order valence-corrected chi connectivity index (χ0v) is 9.70. The van der Waals surface area contributed by atoms with Gasteiger partial charge in [-0.25, -0.2) is 4.39 Å². The zero-order valence-electron chi connectivity index (χ0n) is 8.11. The lowest BCUT2D eigenvalue weighted by molar-refractivity contribution is 0.602. The highest BCUT2D eigenvalue weighted by atomic mass is 79.9. The summed E-state index contributed by atoms with van der Waals surface area (Å²) in [6.45, 7) is 2.87. The maximum absolute atomic E-state index is 13.3. The second-order valence-corrected chi connectivity index (χ2v) is 4.64. The molecule has 1 heterocycles. The van der Waals surface area contributed by atoms with Crippen LogP contribution in [-0.2, 0) is 0 Å². The van der Waals surface area contributed by atoms with Gasteiger partial charge in [-0.05, 0) is 59.4 Å². The maximum Gasteiger partial charge on any atom is 0.140 e. The first kappa shape index (κ1) is 10.1. The van der Waals surface area contributed by atoms with Crippen molar-refractivity contribution in [1.29, 1.82) is 0 Å². The molecule has 0 aliphatic carbocycles. The van der Waals surface area contributed by atoms with Gasteiger partial charge in [0, 0.05) is 6.04 Å². The Morgan fingerprint density at radius 2 is 2.29 bits per heavy atom. The van der Waals surface area contributed by atoms with Crippen LogP contribution >= 0.6 is 15.9 Å². The molecule has 0 spiro atoms. The largest absolute Gasteiger partial charge is 0.310 e. The van der Waals surface area contributed by atoms with Gasteiger partial charge in [0.25, 0.3) is 0 Å². The van der Waals surface area contributed by atoms with Crippen LogP contribution in [0, 0.1) is 12.7 Å². The molecule has 3 heteroatoms. The Balaban J connectivity index is 2.34. The van der Waals surface area contributed by atoms with E-state index < -0.39 is 0 Å². The molecule has 1 saturated heterocycles. The Hall–Kier alpha value is -0.410. The van der Waals surface area contributed by atoms with Crippen LogP contribution in [0.4, 0.5) is 4.39 Å². The minimum absolute atomic E-state index is 0.147. The maximum atomic E-state index is 13.3. The lowest BCUT2D eigenvalue weighted by Crippen LogP contribution is -2.13. The Kier molecular flexibility index (Phi) is 2.88. The van der Waals surface area contributed by atoms with Gasteiger partial charge in [0.15, 0.2) is 0 Å².